The third-order valence-corrected chi connectivity index (χ3v) is 3.23. The summed E-state index contributed by atoms with van der Waals surface area (Å²) < 4.78 is 5.15. The van der Waals surface area contributed by atoms with Crippen LogP contribution in [0.1, 0.15) is 12.3 Å². The molecule has 2 N–H and O–H groups in total. The molecule has 0 bridgehead atoms. The van der Waals surface area contributed by atoms with Gasteiger partial charge in [-0.3, -0.25) is 14.5 Å². The smallest absolute Gasteiger partial charge is 0.277 e. The van der Waals surface area contributed by atoms with Crippen molar-refractivity contribution in [2.75, 3.05) is 7.05 Å². The largest absolute Gasteiger partial charge is 0.415 e. The maximum Gasteiger partial charge on any atom is 0.277 e. The van der Waals surface area contributed by atoms with E-state index in [-0.39, 0.29) is 30.0 Å². The number of carbonyl (C=O) groups excluding carboxylic acids is 2. The zero-order valence-electron chi connectivity index (χ0n) is 8.54. The third kappa shape index (κ3) is 1.93. The van der Waals surface area contributed by atoms with Crippen LogP contribution >= 0.6 is 11.8 Å². The molecule has 0 radical (unpaired) electrons. The number of nitrogens with two attached hydrogens (primary N) is 1. The van der Waals surface area contributed by atoms with E-state index in [1.165, 1.54) is 7.05 Å². The van der Waals surface area contributed by atoms with Gasteiger partial charge in [0.2, 0.25) is 17.7 Å². The summed E-state index contributed by atoms with van der Waals surface area (Å²) in [5, 5.41) is 7.18. The molecule has 0 saturated carbocycles. The molecule has 0 aliphatic carbocycles. The van der Waals surface area contributed by atoms with Gasteiger partial charge < -0.3 is 10.2 Å². The van der Waals surface area contributed by atoms with Gasteiger partial charge in [0.05, 0.1) is 6.54 Å². The summed E-state index contributed by atoms with van der Waals surface area (Å²) in [4.78, 5) is 23.9. The van der Waals surface area contributed by atoms with Crippen molar-refractivity contribution in [3.63, 3.8) is 0 Å². The van der Waals surface area contributed by atoms with Crippen molar-refractivity contribution < 1.29 is 14.0 Å². The lowest BCUT2D eigenvalue weighted by Gasteiger charge is -2.05. The van der Waals surface area contributed by atoms with Crippen LogP contribution in [-0.2, 0) is 16.1 Å². The summed E-state index contributed by atoms with van der Waals surface area (Å²) in [5.41, 5.74) is 5.31. The molecule has 2 heterocycles. The molecule has 1 aromatic heterocycles. The second-order valence-electron chi connectivity index (χ2n) is 3.27. The predicted molar refractivity (Wildman–Crippen MR) is 54.2 cm³/mol. The minimum absolute atomic E-state index is 0.158. The number of hydrogen-bond donors (Lipinski definition) is 1. The van der Waals surface area contributed by atoms with E-state index in [2.05, 4.69) is 10.2 Å². The van der Waals surface area contributed by atoms with Crippen LogP contribution in [0.25, 0.3) is 0 Å². The molecule has 0 aromatic carbocycles. The predicted octanol–water partition coefficient (Wildman–Crippen LogP) is -0.622. The van der Waals surface area contributed by atoms with E-state index in [0.29, 0.717) is 5.89 Å². The summed E-state index contributed by atoms with van der Waals surface area (Å²) in [7, 11) is 1.46. The molecule has 1 fully saturated rings. The maximum absolute atomic E-state index is 11.6. The zero-order chi connectivity index (χ0) is 11.7. The molecule has 1 atom stereocenters. The first-order chi connectivity index (χ1) is 7.61. The Balaban J connectivity index is 2.05. The second-order valence-corrected chi connectivity index (χ2v) is 4.42. The number of thioether (sulfide) groups is 1. The molecule has 1 aliphatic heterocycles. The molecule has 1 saturated heterocycles. The summed E-state index contributed by atoms with van der Waals surface area (Å²) in [5.74, 6) is -0.115. The van der Waals surface area contributed by atoms with Gasteiger partial charge in [-0.15, -0.1) is 10.2 Å². The highest BCUT2D eigenvalue weighted by atomic mass is 32.2. The number of aromatic nitrogens is 2. The third-order valence-electron chi connectivity index (χ3n) is 2.21. The fourth-order valence-corrected chi connectivity index (χ4v) is 2.26. The summed E-state index contributed by atoms with van der Waals surface area (Å²) >= 11 is 1.10. The molecular weight excluding hydrogens is 232 g/mol. The molecule has 0 spiro atoms. The quantitative estimate of drug-likeness (QED) is 0.704. The van der Waals surface area contributed by atoms with Gasteiger partial charge in [-0.05, 0) is 0 Å². The average Bonchev–Trinajstić information content (AvgIpc) is 2.81. The van der Waals surface area contributed by atoms with Gasteiger partial charge >= 0.3 is 0 Å². The van der Waals surface area contributed by atoms with Crippen molar-refractivity contribution in [1.82, 2.24) is 15.1 Å². The van der Waals surface area contributed by atoms with Crippen molar-refractivity contribution >= 4 is 23.6 Å². The standard InChI is InChI=1S/C8H10N4O3S/c1-12-6(13)2-4(7(12)14)16-8-11-10-5(3-9)15-8/h4H,2-3,9H2,1H3. The number of rotatable bonds is 3. The zero-order valence-corrected chi connectivity index (χ0v) is 9.36. The molecule has 1 aliphatic rings. The Morgan fingerprint density at radius 2 is 2.31 bits per heavy atom. The Morgan fingerprint density at radius 3 is 2.81 bits per heavy atom. The minimum atomic E-state index is -0.469. The Kier molecular flexibility index (Phi) is 2.92. The number of hydrogen-bond acceptors (Lipinski definition) is 7. The Labute approximate surface area is 95.4 Å². The second kappa shape index (κ2) is 4.22. The highest BCUT2D eigenvalue weighted by Crippen LogP contribution is 2.29. The first-order valence-corrected chi connectivity index (χ1v) is 5.49. The van der Waals surface area contributed by atoms with Gasteiger partial charge in [-0.2, -0.15) is 0 Å². The van der Waals surface area contributed by atoms with E-state index in [9.17, 15) is 9.59 Å². The number of amides is 2. The fraction of sp³-hybridized carbons (Fsp3) is 0.500. The van der Waals surface area contributed by atoms with Crippen LogP contribution in [-0.4, -0.2) is 39.2 Å². The van der Waals surface area contributed by atoms with Crippen molar-refractivity contribution in [1.29, 1.82) is 0 Å². The summed E-state index contributed by atoms with van der Waals surface area (Å²) in [6, 6.07) is 0. The molecule has 16 heavy (non-hydrogen) atoms. The van der Waals surface area contributed by atoms with E-state index in [1.54, 1.807) is 0 Å². The number of imide groups is 1. The van der Waals surface area contributed by atoms with Crippen LogP contribution in [0.5, 0.6) is 0 Å². The Bertz CT molecular complexity index is 433. The van der Waals surface area contributed by atoms with Crippen LogP contribution in [0, 0.1) is 0 Å². The SMILES string of the molecule is CN1C(=O)CC(Sc2nnc(CN)o2)C1=O. The lowest BCUT2D eigenvalue weighted by Crippen LogP contribution is -2.26. The summed E-state index contributed by atoms with van der Waals surface area (Å²) in [6.07, 6.45) is 0.167. The van der Waals surface area contributed by atoms with Crippen molar-refractivity contribution in [3.8, 4) is 0 Å². The number of carbonyl (C=O) groups is 2. The molecule has 2 rings (SSSR count). The molecule has 7 nitrogen and oxygen atoms in total. The van der Waals surface area contributed by atoms with Gasteiger partial charge in [-0.1, -0.05) is 11.8 Å². The van der Waals surface area contributed by atoms with Crippen LogP contribution in [0.4, 0.5) is 0 Å². The van der Waals surface area contributed by atoms with Gasteiger partial charge in [0.15, 0.2) is 0 Å². The fourth-order valence-electron chi connectivity index (χ4n) is 1.30. The van der Waals surface area contributed by atoms with E-state index in [1.807, 2.05) is 0 Å². The number of likely N-dealkylation sites (tertiary alicyclic amines) is 1. The lowest BCUT2D eigenvalue weighted by molar-refractivity contribution is -0.136. The Hall–Kier alpha value is -1.41. The van der Waals surface area contributed by atoms with Crippen LogP contribution < -0.4 is 5.73 Å². The highest BCUT2D eigenvalue weighted by molar-refractivity contribution is 8.00. The average molecular weight is 242 g/mol. The van der Waals surface area contributed by atoms with E-state index in [4.69, 9.17) is 10.2 Å². The molecular formula is C8H10N4O3S. The van der Waals surface area contributed by atoms with Crippen molar-refractivity contribution in [3.05, 3.63) is 5.89 Å². The van der Waals surface area contributed by atoms with E-state index >= 15 is 0 Å². The van der Waals surface area contributed by atoms with Gasteiger partial charge in [0.1, 0.15) is 5.25 Å². The first-order valence-electron chi connectivity index (χ1n) is 4.61. The van der Waals surface area contributed by atoms with E-state index < -0.39 is 5.25 Å². The molecule has 1 unspecified atom stereocenters. The van der Waals surface area contributed by atoms with Crippen LogP contribution in [0.15, 0.2) is 9.64 Å². The normalized spacial score (nSPS) is 20.9. The topological polar surface area (TPSA) is 102 Å². The van der Waals surface area contributed by atoms with E-state index in [0.717, 1.165) is 16.7 Å². The van der Waals surface area contributed by atoms with Gasteiger partial charge in [0, 0.05) is 13.5 Å². The van der Waals surface area contributed by atoms with Crippen LogP contribution in [0.3, 0.4) is 0 Å². The first kappa shape index (κ1) is 11.1. The summed E-state index contributed by atoms with van der Waals surface area (Å²) in [6.45, 7) is 0.158. The number of nitrogens with zero attached hydrogens (tertiary/aromatic N) is 3. The molecule has 86 valence electrons. The Morgan fingerprint density at radius 1 is 1.56 bits per heavy atom. The molecule has 1 aromatic rings. The van der Waals surface area contributed by atoms with Crippen LogP contribution in [0.2, 0.25) is 0 Å². The molecule has 2 amide bonds. The van der Waals surface area contributed by atoms with Crippen molar-refractivity contribution in [2.24, 2.45) is 5.73 Å². The van der Waals surface area contributed by atoms with Crippen molar-refractivity contribution in [2.45, 2.75) is 23.4 Å². The molecule has 8 heteroatoms. The minimum Gasteiger partial charge on any atom is -0.415 e. The van der Waals surface area contributed by atoms with Gasteiger partial charge in [-0.25, -0.2) is 0 Å². The highest BCUT2D eigenvalue weighted by Gasteiger charge is 2.37. The monoisotopic (exact) mass is 242 g/mol. The maximum atomic E-state index is 11.6. The lowest BCUT2D eigenvalue weighted by atomic mass is 10.4. The van der Waals surface area contributed by atoms with Gasteiger partial charge in [0.25, 0.3) is 5.22 Å².